The Morgan fingerprint density at radius 2 is 1.75 bits per heavy atom. The molecule has 1 aliphatic rings. The lowest BCUT2D eigenvalue weighted by Gasteiger charge is -2.16. The van der Waals surface area contributed by atoms with Gasteiger partial charge in [-0.25, -0.2) is 25.9 Å². The van der Waals surface area contributed by atoms with E-state index >= 15 is 0 Å². The first-order valence-corrected chi connectivity index (χ1v) is 10.6. The fourth-order valence-corrected chi connectivity index (χ4v) is 5.25. The lowest BCUT2D eigenvalue weighted by atomic mass is 10.3. The van der Waals surface area contributed by atoms with E-state index in [1.807, 2.05) is 0 Å². The predicted octanol–water partition coefficient (Wildman–Crippen LogP) is 0.408. The Balaban J connectivity index is 2.09. The average molecular weight is 378 g/mol. The van der Waals surface area contributed by atoms with Crippen LogP contribution in [0.25, 0.3) is 0 Å². The van der Waals surface area contributed by atoms with Crippen molar-refractivity contribution < 1.29 is 26.3 Å². The Labute approximate surface area is 142 Å². The Morgan fingerprint density at radius 3 is 2.33 bits per heavy atom. The fourth-order valence-electron chi connectivity index (χ4n) is 2.47. The van der Waals surface area contributed by atoms with Crippen LogP contribution in [-0.4, -0.2) is 60.7 Å². The maximum Gasteiger partial charge on any atom is 0.244 e. The number of methoxy groups -OCH3 is 2. The summed E-state index contributed by atoms with van der Waals surface area (Å²) in [7, 11) is -4.58. The molecule has 8 nitrogen and oxygen atoms in total. The number of nitrogens with one attached hydrogen (secondary N) is 1. The molecule has 1 heterocycles. The molecule has 0 saturated carbocycles. The normalized spacial score (nSPS) is 16.2. The van der Waals surface area contributed by atoms with Crippen LogP contribution >= 0.6 is 0 Å². The van der Waals surface area contributed by atoms with Crippen LogP contribution in [0.1, 0.15) is 12.8 Å². The average Bonchev–Trinajstić information content (AvgIpc) is 3.09. The molecule has 0 unspecified atom stereocenters. The third-order valence-corrected chi connectivity index (χ3v) is 7.13. The van der Waals surface area contributed by atoms with Gasteiger partial charge in [0.1, 0.15) is 16.4 Å². The molecule has 0 amide bonds. The number of hydrogen-bond acceptors (Lipinski definition) is 6. The van der Waals surface area contributed by atoms with Crippen LogP contribution < -0.4 is 14.2 Å². The van der Waals surface area contributed by atoms with Crippen molar-refractivity contribution in [1.82, 2.24) is 9.03 Å². The minimum Gasteiger partial charge on any atom is -0.497 e. The second-order valence-electron chi connectivity index (χ2n) is 5.34. The molecule has 1 aromatic rings. The molecule has 0 aliphatic carbocycles. The molecule has 1 fully saturated rings. The van der Waals surface area contributed by atoms with E-state index in [1.165, 1.54) is 30.7 Å². The summed E-state index contributed by atoms with van der Waals surface area (Å²) in [5.74, 6) is 0.241. The van der Waals surface area contributed by atoms with E-state index in [0.717, 1.165) is 12.8 Å². The van der Waals surface area contributed by atoms with Crippen LogP contribution in [0, 0.1) is 0 Å². The smallest absolute Gasteiger partial charge is 0.244 e. The molecule has 0 atom stereocenters. The van der Waals surface area contributed by atoms with E-state index < -0.39 is 20.0 Å². The Bertz CT molecular complexity index is 770. The van der Waals surface area contributed by atoms with E-state index in [1.54, 1.807) is 6.07 Å². The Kier molecular flexibility index (Phi) is 6.07. The third kappa shape index (κ3) is 4.38. The summed E-state index contributed by atoms with van der Waals surface area (Å²) in [5.41, 5.74) is 0. The van der Waals surface area contributed by atoms with Gasteiger partial charge in [0.15, 0.2) is 0 Å². The Hall–Kier alpha value is -1.36. The van der Waals surface area contributed by atoms with Crippen molar-refractivity contribution in [1.29, 1.82) is 0 Å². The minimum absolute atomic E-state index is 0.0945. The lowest BCUT2D eigenvalue weighted by molar-refractivity contribution is 0.392. The van der Waals surface area contributed by atoms with Gasteiger partial charge in [0, 0.05) is 25.7 Å². The molecule has 1 aromatic carbocycles. The highest BCUT2D eigenvalue weighted by atomic mass is 32.2. The molecular weight excluding hydrogens is 356 g/mol. The van der Waals surface area contributed by atoms with Crippen LogP contribution in [-0.2, 0) is 20.0 Å². The summed E-state index contributed by atoms with van der Waals surface area (Å²) in [5, 5.41) is 0. The van der Waals surface area contributed by atoms with Crippen molar-refractivity contribution in [2.75, 3.05) is 39.6 Å². The van der Waals surface area contributed by atoms with Gasteiger partial charge in [-0.15, -0.1) is 0 Å². The lowest BCUT2D eigenvalue weighted by Crippen LogP contribution is -2.36. The van der Waals surface area contributed by atoms with E-state index in [2.05, 4.69) is 4.72 Å². The summed E-state index contributed by atoms with van der Waals surface area (Å²) < 4.78 is 62.9. The van der Waals surface area contributed by atoms with Crippen molar-refractivity contribution in [3.63, 3.8) is 0 Å². The van der Waals surface area contributed by atoms with Gasteiger partial charge in [-0.3, -0.25) is 0 Å². The maximum absolute atomic E-state index is 12.4. The van der Waals surface area contributed by atoms with E-state index in [4.69, 9.17) is 9.47 Å². The van der Waals surface area contributed by atoms with Crippen molar-refractivity contribution >= 4 is 20.0 Å². The molecule has 0 aromatic heterocycles. The van der Waals surface area contributed by atoms with Gasteiger partial charge in [0.25, 0.3) is 0 Å². The second kappa shape index (κ2) is 7.68. The number of rotatable bonds is 8. The van der Waals surface area contributed by atoms with E-state index in [0.29, 0.717) is 18.8 Å². The molecular formula is C14H22N2O6S2. The monoisotopic (exact) mass is 378 g/mol. The maximum atomic E-state index is 12.4. The van der Waals surface area contributed by atoms with Crippen LogP contribution in [0.15, 0.2) is 23.1 Å². The van der Waals surface area contributed by atoms with Crippen LogP contribution in [0.5, 0.6) is 11.5 Å². The summed E-state index contributed by atoms with van der Waals surface area (Å²) in [6.07, 6.45) is 1.68. The highest BCUT2D eigenvalue weighted by Gasteiger charge is 2.26. The number of nitrogens with zero attached hydrogens (tertiary/aromatic N) is 1. The predicted molar refractivity (Wildman–Crippen MR) is 89.3 cm³/mol. The van der Waals surface area contributed by atoms with Crippen molar-refractivity contribution in [3.05, 3.63) is 18.2 Å². The van der Waals surface area contributed by atoms with E-state index in [-0.39, 0.29) is 22.9 Å². The summed E-state index contributed by atoms with van der Waals surface area (Å²) >= 11 is 0. The molecule has 0 bridgehead atoms. The van der Waals surface area contributed by atoms with Gasteiger partial charge < -0.3 is 9.47 Å². The standard InChI is InChI=1S/C14H22N2O6S2/c1-21-12-5-6-13(22-2)14(11-12)24(19,20)15-7-10-23(17,18)16-8-3-4-9-16/h5-6,11,15H,3-4,7-10H2,1-2H3. The quantitative estimate of drug-likeness (QED) is 0.703. The highest BCUT2D eigenvalue weighted by Crippen LogP contribution is 2.27. The molecule has 10 heteroatoms. The van der Waals surface area contributed by atoms with Gasteiger partial charge in [-0.2, -0.15) is 0 Å². The van der Waals surface area contributed by atoms with Gasteiger partial charge >= 0.3 is 0 Å². The SMILES string of the molecule is COc1ccc(OC)c(S(=O)(=O)NCCS(=O)(=O)N2CCCC2)c1. The van der Waals surface area contributed by atoms with E-state index in [9.17, 15) is 16.8 Å². The Morgan fingerprint density at radius 1 is 1.08 bits per heavy atom. The summed E-state index contributed by atoms with van der Waals surface area (Å²) in [6, 6.07) is 4.39. The molecule has 136 valence electrons. The van der Waals surface area contributed by atoms with Crippen molar-refractivity contribution in [2.24, 2.45) is 0 Å². The summed E-state index contributed by atoms with van der Waals surface area (Å²) in [6.45, 7) is 0.791. The third-order valence-electron chi connectivity index (χ3n) is 3.77. The zero-order chi connectivity index (χ0) is 17.8. The van der Waals surface area contributed by atoms with Gasteiger partial charge in [0.2, 0.25) is 20.0 Å². The van der Waals surface area contributed by atoms with Gasteiger partial charge in [-0.1, -0.05) is 0 Å². The number of benzene rings is 1. The fraction of sp³-hybridized carbons (Fsp3) is 0.571. The first-order chi connectivity index (χ1) is 11.3. The highest BCUT2D eigenvalue weighted by molar-refractivity contribution is 7.90. The molecule has 1 saturated heterocycles. The van der Waals surface area contributed by atoms with Crippen molar-refractivity contribution in [3.8, 4) is 11.5 Å². The first-order valence-electron chi connectivity index (χ1n) is 7.49. The van der Waals surface area contributed by atoms with Gasteiger partial charge in [0.05, 0.1) is 20.0 Å². The molecule has 0 radical (unpaired) electrons. The minimum atomic E-state index is -3.92. The molecule has 0 spiro atoms. The largest absolute Gasteiger partial charge is 0.497 e. The van der Waals surface area contributed by atoms with Crippen LogP contribution in [0.2, 0.25) is 0 Å². The summed E-state index contributed by atoms with van der Waals surface area (Å²) in [4.78, 5) is -0.0945. The zero-order valence-corrected chi connectivity index (χ0v) is 15.3. The van der Waals surface area contributed by atoms with Crippen LogP contribution in [0.4, 0.5) is 0 Å². The van der Waals surface area contributed by atoms with Crippen LogP contribution in [0.3, 0.4) is 0 Å². The second-order valence-corrected chi connectivity index (χ2v) is 9.16. The first kappa shape index (κ1) is 19.0. The number of sulfonamides is 2. The molecule has 2 rings (SSSR count). The molecule has 24 heavy (non-hydrogen) atoms. The molecule has 1 N–H and O–H groups in total. The number of hydrogen-bond donors (Lipinski definition) is 1. The zero-order valence-electron chi connectivity index (χ0n) is 13.7. The van der Waals surface area contributed by atoms with Gasteiger partial charge in [-0.05, 0) is 25.0 Å². The number of ether oxygens (including phenoxy) is 2. The molecule has 1 aliphatic heterocycles. The van der Waals surface area contributed by atoms with Crippen molar-refractivity contribution in [2.45, 2.75) is 17.7 Å². The topological polar surface area (TPSA) is 102 Å².